The number of benzene rings is 2. The molecule has 2 amide bonds. The fourth-order valence-electron chi connectivity index (χ4n) is 2.84. The molecule has 0 aliphatic carbocycles. The number of rotatable bonds is 6. The Balaban J connectivity index is 1.48. The standard InChI is InChI=1S/C20H21FN2O3/c21-16-7-9-17(10-8-16)23-13-18(26-14-20(23)25)12-22-19(24)11-6-15-4-2-1-3-5-15/h1-5,7-10,18H,6,11-14H2,(H,22,24). The van der Waals surface area contributed by atoms with Gasteiger partial charge in [-0.05, 0) is 36.2 Å². The quantitative estimate of drug-likeness (QED) is 0.864. The highest BCUT2D eigenvalue weighted by atomic mass is 19.1. The third kappa shape index (κ3) is 4.89. The van der Waals surface area contributed by atoms with Crippen molar-refractivity contribution in [2.75, 3.05) is 24.6 Å². The number of aryl methyl sites for hydroxylation is 1. The molecule has 0 bridgehead atoms. The van der Waals surface area contributed by atoms with Crippen LogP contribution in [0.4, 0.5) is 10.1 Å². The zero-order valence-electron chi connectivity index (χ0n) is 14.4. The first kappa shape index (κ1) is 18.1. The molecule has 0 spiro atoms. The number of anilines is 1. The smallest absolute Gasteiger partial charge is 0.253 e. The van der Waals surface area contributed by atoms with E-state index in [0.717, 1.165) is 5.56 Å². The molecule has 3 rings (SSSR count). The Labute approximate surface area is 151 Å². The van der Waals surface area contributed by atoms with Crippen LogP contribution in [0.1, 0.15) is 12.0 Å². The first-order valence-electron chi connectivity index (χ1n) is 8.60. The first-order chi connectivity index (χ1) is 12.6. The van der Waals surface area contributed by atoms with Gasteiger partial charge in [0.2, 0.25) is 5.91 Å². The van der Waals surface area contributed by atoms with Crippen molar-refractivity contribution in [1.82, 2.24) is 5.32 Å². The van der Waals surface area contributed by atoms with Gasteiger partial charge in [0.1, 0.15) is 12.4 Å². The van der Waals surface area contributed by atoms with Gasteiger partial charge in [-0.2, -0.15) is 0 Å². The molecule has 5 nitrogen and oxygen atoms in total. The van der Waals surface area contributed by atoms with E-state index in [1.807, 2.05) is 30.3 Å². The zero-order valence-corrected chi connectivity index (χ0v) is 14.4. The second-order valence-corrected chi connectivity index (χ2v) is 6.20. The molecule has 1 heterocycles. The summed E-state index contributed by atoms with van der Waals surface area (Å²) in [6.45, 7) is 0.601. The predicted octanol–water partition coefficient (Wildman–Crippen LogP) is 2.31. The number of hydrogen-bond acceptors (Lipinski definition) is 3. The summed E-state index contributed by atoms with van der Waals surface area (Å²) in [5.41, 5.74) is 1.74. The second-order valence-electron chi connectivity index (χ2n) is 6.20. The predicted molar refractivity (Wildman–Crippen MR) is 96.3 cm³/mol. The summed E-state index contributed by atoms with van der Waals surface area (Å²) in [6.07, 6.45) is 0.786. The number of hydrogen-bond donors (Lipinski definition) is 1. The van der Waals surface area contributed by atoms with E-state index in [4.69, 9.17) is 4.74 Å². The van der Waals surface area contributed by atoms with E-state index in [-0.39, 0.29) is 30.3 Å². The van der Waals surface area contributed by atoms with Crippen LogP contribution >= 0.6 is 0 Å². The molecule has 0 aromatic heterocycles. The third-order valence-electron chi connectivity index (χ3n) is 4.28. The van der Waals surface area contributed by atoms with Crippen LogP contribution in [0.15, 0.2) is 54.6 Å². The molecule has 0 radical (unpaired) electrons. The molecule has 6 heteroatoms. The van der Waals surface area contributed by atoms with Crippen LogP contribution in [0.25, 0.3) is 0 Å². The fourth-order valence-corrected chi connectivity index (χ4v) is 2.84. The lowest BCUT2D eigenvalue weighted by atomic mass is 10.1. The fraction of sp³-hybridized carbons (Fsp3) is 0.300. The average molecular weight is 356 g/mol. The largest absolute Gasteiger partial charge is 0.365 e. The molecule has 1 aliphatic rings. The second kappa shape index (κ2) is 8.58. The van der Waals surface area contributed by atoms with E-state index in [1.165, 1.54) is 12.1 Å². The van der Waals surface area contributed by atoms with E-state index >= 15 is 0 Å². The Morgan fingerprint density at radius 1 is 1.15 bits per heavy atom. The third-order valence-corrected chi connectivity index (χ3v) is 4.28. The van der Waals surface area contributed by atoms with Crippen LogP contribution in [0.3, 0.4) is 0 Å². The molecule has 1 fully saturated rings. The highest BCUT2D eigenvalue weighted by molar-refractivity contribution is 5.95. The van der Waals surface area contributed by atoms with Gasteiger partial charge in [0.25, 0.3) is 5.91 Å². The molecule has 2 aromatic rings. The van der Waals surface area contributed by atoms with Crippen LogP contribution in [0, 0.1) is 5.82 Å². The van der Waals surface area contributed by atoms with Gasteiger partial charge in [0.15, 0.2) is 0 Å². The number of halogens is 1. The lowest BCUT2D eigenvalue weighted by molar-refractivity contribution is -0.129. The van der Waals surface area contributed by atoms with E-state index in [0.29, 0.717) is 31.6 Å². The Morgan fingerprint density at radius 2 is 1.88 bits per heavy atom. The van der Waals surface area contributed by atoms with Gasteiger partial charge >= 0.3 is 0 Å². The number of nitrogens with one attached hydrogen (secondary N) is 1. The highest BCUT2D eigenvalue weighted by Gasteiger charge is 2.27. The van der Waals surface area contributed by atoms with E-state index in [2.05, 4.69) is 5.32 Å². The minimum Gasteiger partial charge on any atom is -0.365 e. The van der Waals surface area contributed by atoms with Crippen LogP contribution in [0.5, 0.6) is 0 Å². The minimum absolute atomic E-state index is 0.0531. The van der Waals surface area contributed by atoms with Crippen LogP contribution in [-0.2, 0) is 20.7 Å². The van der Waals surface area contributed by atoms with Gasteiger partial charge in [-0.1, -0.05) is 30.3 Å². The van der Waals surface area contributed by atoms with E-state index < -0.39 is 0 Å². The summed E-state index contributed by atoms with van der Waals surface area (Å²) in [7, 11) is 0. The molecule has 2 aromatic carbocycles. The Kier molecular flexibility index (Phi) is 5.96. The van der Waals surface area contributed by atoms with Crippen LogP contribution in [0.2, 0.25) is 0 Å². The maximum absolute atomic E-state index is 13.1. The molecular weight excluding hydrogens is 335 g/mol. The molecule has 26 heavy (non-hydrogen) atoms. The highest BCUT2D eigenvalue weighted by Crippen LogP contribution is 2.19. The number of carbonyl (C=O) groups excluding carboxylic acids is 2. The van der Waals surface area contributed by atoms with Gasteiger partial charge in [-0.15, -0.1) is 0 Å². The number of morpholine rings is 1. The maximum Gasteiger partial charge on any atom is 0.253 e. The minimum atomic E-state index is -0.350. The zero-order chi connectivity index (χ0) is 18.4. The molecule has 1 aliphatic heterocycles. The lowest BCUT2D eigenvalue weighted by Crippen LogP contribution is -2.50. The number of amides is 2. The lowest BCUT2D eigenvalue weighted by Gasteiger charge is -2.32. The average Bonchev–Trinajstić information content (AvgIpc) is 2.67. The molecule has 1 N–H and O–H groups in total. The maximum atomic E-state index is 13.1. The monoisotopic (exact) mass is 356 g/mol. The van der Waals surface area contributed by atoms with Gasteiger partial charge in [-0.3, -0.25) is 9.59 Å². The Hall–Kier alpha value is -2.73. The molecule has 1 unspecified atom stereocenters. The van der Waals surface area contributed by atoms with Crippen molar-refractivity contribution in [2.45, 2.75) is 18.9 Å². The topological polar surface area (TPSA) is 58.6 Å². The van der Waals surface area contributed by atoms with Gasteiger partial charge < -0.3 is 15.0 Å². The van der Waals surface area contributed by atoms with Crippen LogP contribution in [-0.4, -0.2) is 37.6 Å². The van der Waals surface area contributed by atoms with Crippen molar-refractivity contribution in [1.29, 1.82) is 0 Å². The van der Waals surface area contributed by atoms with Gasteiger partial charge in [-0.25, -0.2) is 4.39 Å². The van der Waals surface area contributed by atoms with Crippen molar-refractivity contribution < 1.29 is 18.7 Å². The molecule has 1 atom stereocenters. The summed E-state index contributed by atoms with van der Waals surface area (Å²) in [5.74, 6) is -0.581. The Morgan fingerprint density at radius 3 is 2.62 bits per heavy atom. The van der Waals surface area contributed by atoms with Gasteiger partial charge in [0.05, 0.1) is 12.6 Å². The van der Waals surface area contributed by atoms with Crippen molar-refractivity contribution in [2.24, 2.45) is 0 Å². The summed E-state index contributed by atoms with van der Waals surface area (Å²) < 4.78 is 18.6. The molecule has 136 valence electrons. The van der Waals surface area contributed by atoms with E-state index in [1.54, 1.807) is 17.0 Å². The van der Waals surface area contributed by atoms with Crippen molar-refractivity contribution in [3.05, 3.63) is 66.0 Å². The van der Waals surface area contributed by atoms with Crippen LogP contribution < -0.4 is 10.2 Å². The number of nitrogens with zero attached hydrogens (tertiary/aromatic N) is 1. The number of carbonyl (C=O) groups is 2. The first-order valence-corrected chi connectivity index (χ1v) is 8.60. The summed E-state index contributed by atoms with van der Waals surface area (Å²) >= 11 is 0. The van der Waals surface area contributed by atoms with E-state index in [9.17, 15) is 14.0 Å². The Bertz CT molecular complexity index is 749. The SMILES string of the molecule is O=C(CCc1ccccc1)NCC1CN(c2ccc(F)cc2)C(=O)CO1. The molecule has 0 saturated carbocycles. The van der Waals surface area contributed by atoms with Gasteiger partial charge in [0, 0.05) is 18.7 Å². The summed E-state index contributed by atoms with van der Waals surface area (Å²) in [5, 5.41) is 2.86. The summed E-state index contributed by atoms with van der Waals surface area (Å²) in [4.78, 5) is 25.6. The van der Waals surface area contributed by atoms with Crippen molar-refractivity contribution in [3.63, 3.8) is 0 Å². The van der Waals surface area contributed by atoms with Crippen molar-refractivity contribution in [3.8, 4) is 0 Å². The molecular formula is C20H21FN2O3. The molecule has 1 saturated heterocycles. The normalized spacial score (nSPS) is 17.2. The number of ether oxygens (including phenoxy) is 1. The summed E-state index contributed by atoms with van der Waals surface area (Å²) in [6, 6.07) is 15.6. The van der Waals surface area contributed by atoms with Crippen molar-refractivity contribution >= 4 is 17.5 Å².